The molecule has 2 heteroatoms. The van der Waals surface area contributed by atoms with E-state index in [1.807, 2.05) is 0 Å². The molecular formula is C18H39NSn. The van der Waals surface area contributed by atoms with E-state index in [-0.39, 0.29) is 0 Å². The van der Waals surface area contributed by atoms with E-state index in [1.54, 1.807) is 13.3 Å². The van der Waals surface area contributed by atoms with Gasteiger partial charge in [0.25, 0.3) is 0 Å². The average Bonchev–Trinajstić information content (AvgIpc) is 2.76. The van der Waals surface area contributed by atoms with E-state index in [4.69, 9.17) is 0 Å². The minimum atomic E-state index is -1.97. The molecule has 1 saturated heterocycles. The number of unbranched alkanes of at least 4 members (excludes halogenated alkanes) is 3. The Morgan fingerprint density at radius 1 is 0.800 bits per heavy atom. The van der Waals surface area contributed by atoms with E-state index in [0.29, 0.717) is 0 Å². The van der Waals surface area contributed by atoms with Crippen LogP contribution in [0.3, 0.4) is 0 Å². The molecule has 0 saturated carbocycles. The van der Waals surface area contributed by atoms with E-state index >= 15 is 0 Å². The average molecular weight is 388 g/mol. The van der Waals surface area contributed by atoms with Crippen LogP contribution >= 0.6 is 0 Å². The summed E-state index contributed by atoms with van der Waals surface area (Å²) in [7, 11) is 0. The van der Waals surface area contributed by atoms with Gasteiger partial charge in [0, 0.05) is 0 Å². The van der Waals surface area contributed by atoms with Gasteiger partial charge in [0.2, 0.25) is 0 Å². The van der Waals surface area contributed by atoms with Gasteiger partial charge in [-0.1, -0.05) is 0 Å². The van der Waals surface area contributed by atoms with Crippen molar-refractivity contribution in [2.45, 2.75) is 102 Å². The predicted octanol–water partition coefficient (Wildman–Crippen LogP) is 5.91. The van der Waals surface area contributed by atoms with Crippen molar-refractivity contribution in [1.29, 1.82) is 0 Å². The molecule has 0 bridgehead atoms. The fourth-order valence-electron chi connectivity index (χ4n) is 4.04. The summed E-state index contributed by atoms with van der Waals surface area (Å²) in [5.41, 5.74) is 0. The molecule has 0 aliphatic carbocycles. The second-order valence-corrected chi connectivity index (χ2v) is 21.1. The van der Waals surface area contributed by atoms with Gasteiger partial charge >= 0.3 is 133 Å². The van der Waals surface area contributed by atoms with E-state index in [0.717, 1.165) is 4.06 Å². The van der Waals surface area contributed by atoms with Crippen molar-refractivity contribution < 1.29 is 0 Å². The third-order valence-electron chi connectivity index (χ3n) is 5.38. The molecule has 0 aromatic carbocycles. The molecule has 1 unspecified atom stereocenters. The molecular weight excluding hydrogens is 349 g/mol. The SMILES string of the molecule is CCC[CH2][Sn]([CH2]CCC)([CH2]CCC)[CH]1CCCCCN1. The van der Waals surface area contributed by atoms with Crippen LogP contribution in [0, 0.1) is 0 Å². The molecule has 120 valence electrons. The molecule has 0 aromatic heterocycles. The van der Waals surface area contributed by atoms with Crippen molar-refractivity contribution in [2.24, 2.45) is 0 Å². The van der Waals surface area contributed by atoms with Crippen molar-refractivity contribution in [2.75, 3.05) is 6.54 Å². The molecule has 1 N–H and O–H groups in total. The monoisotopic (exact) mass is 389 g/mol. The molecule has 1 heterocycles. The fraction of sp³-hybridized carbons (Fsp3) is 1.00. The van der Waals surface area contributed by atoms with E-state index < -0.39 is 18.4 Å². The summed E-state index contributed by atoms with van der Waals surface area (Å²) in [5, 5.41) is 4.04. The van der Waals surface area contributed by atoms with Crippen LogP contribution in [0.4, 0.5) is 0 Å². The Morgan fingerprint density at radius 3 is 1.85 bits per heavy atom. The van der Waals surface area contributed by atoms with Crippen LogP contribution in [0.2, 0.25) is 13.3 Å². The molecule has 1 fully saturated rings. The molecule has 20 heavy (non-hydrogen) atoms. The zero-order valence-corrected chi connectivity index (χ0v) is 17.3. The second kappa shape index (κ2) is 11.3. The van der Waals surface area contributed by atoms with Gasteiger partial charge in [-0.05, 0) is 0 Å². The Bertz CT molecular complexity index is 200. The summed E-state index contributed by atoms with van der Waals surface area (Å²) in [4.78, 5) is 0. The van der Waals surface area contributed by atoms with Crippen LogP contribution in [0.5, 0.6) is 0 Å². The zero-order chi connectivity index (χ0) is 14.7. The first-order valence-electron chi connectivity index (χ1n) is 9.52. The van der Waals surface area contributed by atoms with Gasteiger partial charge in [0.05, 0.1) is 0 Å². The minimum absolute atomic E-state index is 1.01. The summed E-state index contributed by atoms with van der Waals surface area (Å²) < 4.78 is 6.02. The molecule has 1 rings (SSSR count). The number of hydrogen-bond acceptors (Lipinski definition) is 1. The van der Waals surface area contributed by atoms with E-state index in [2.05, 4.69) is 26.1 Å². The number of rotatable bonds is 10. The van der Waals surface area contributed by atoms with Crippen molar-refractivity contribution in [3.05, 3.63) is 0 Å². The normalized spacial score (nSPS) is 20.9. The summed E-state index contributed by atoms with van der Waals surface area (Å²) >= 11 is -1.97. The van der Waals surface area contributed by atoms with Gasteiger partial charge in [-0.25, -0.2) is 0 Å². The Hall–Kier alpha value is 0.759. The van der Waals surface area contributed by atoms with Gasteiger partial charge < -0.3 is 0 Å². The van der Waals surface area contributed by atoms with Crippen LogP contribution in [0.25, 0.3) is 0 Å². The summed E-state index contributed by atoms with van der Waals surface area (Å²) in [6, 6.07) is 0. The van der Waals surface area contributed by atoms with Crippen LogP contribution in [-0.2, 0) is 0 Å². The first-order valence-corrected chi connectivity index (χ1v) is 17.2. The Kier molecular flexibility index (Phi) is 10.7. The molecule has 0 radical (unpaired) electrons. The van der Waals surface area contributed by atoms with Gasteiger partial charge in [-0.2, -0.15) is 0 Å². The summed E-state index contributed by atoms with van der Waals surface area (Å²) in [5.74, 6) is 0. The molecule has 0 amide bonds. The summed E-state index contributed by atoms with van der Waals surface area (Å²) in [6.07, 6.45) is 14.7. The van der Waals surface area contributed by atoms with Crippen LogP contribution < -0.4 is 5.32 Å². The van der Waals surface area contributed by atoms with E-state index in [1.165, 1.54) is 70.8 Å². The second-order valence-electron chi connectivity index (χ2n) is 7.03. The molecule has 1 atom stereocenters. The van der Waals surface area contributed by atoms with Gasteiger partial charge in [0.15, 0.2) is 0 Å². The van der Waals surface area contributed by atoms with Crippen molar-refractivity contribution >= 4 is 18.4 Å². The quantitative estimate of drug-likeness (QED) is 0.459. The number of nitrogens with one attached hydrogen (secondary N) is 1. The molecule has 1 aliphatic heterocycles. The van der Waals surface area contributed by atoms with Crippen molar-refractivity contribution in [3.63, 3.8) is 0 Å². The maximum atomic E-state index is 4.04. The number of hydrogen-bond donors (Lipinski definition) is 1. The van der Waals surface area contributed by atoms with Gasteiger partial charge in [0.1, 0.15) is 0 Å². The third-order valence-corrected chi connectivity index (χ3v) is 22.6. The standard InChI is InChI=1S/C6H12N.3C4H9.Sn/c1-2-4-6-7-5-3-1;3*1-3-4-2;/h5,7H,1-4,6H2;3*1,3-4H2,2H3;. The molecule has 0 aromatic rings. The van der Waals surface area contributed by atoms with Gasteiger partial charge in [-0.15, -0.1) is 0 Å². The Balaban J connectivity index is 2.78. The third kappa shape index (κ3) is 6.25. The van der Waals surface area contributed by atoms with E-state index in [9.17, 15) is 0 Å². The first kappa shape index (κ1) is 18.8. The van der Waals surface area contributed by atoms with Crippen LogP contribution in [0.15, 0.2) is 0 Å². The Morgan fingerprint density at radius 2 is 1.35 bits per heavy atom. The van der Waals surface area contributed by atoms with Gasteiger partial charge in [-0.3, -0.25) is 0 Å². The van der Waals surface area contributed by atoms with Crippen LogP contribution in [-0.4, -0.2) is 29.0 Å². The summed E-state index contributed by atoms with van der Waals surface area (Å²) in [6.45, 7) is 8.47. The molecule has 1 nitrogen and oxygen atoms in total. The van der Waals surface area contributed by atoms with Crippen LogP contribution in [0.1, 0.15) is 85.0 Å². The molecule has 1 aliphatic rings. The first-order chi connectivity index (χ1) is 9.79. The Labute approximate surface area is 132 Å². The zero-order valence-electron chi connectivity index (χ0n) is 14.5. The molecule has 0 spiro atoms. The fourth-order valence-corrected chi connectivity index (χ4v) is 22.2. The van der Waals surface area contributed by atoms with Crippen molar-refractivity contribution in [3.8, 4) is 0 Å². The topological polar surface area (TPSA) is 12.0 Å². The maximum absolute atomic E-state index is 4.04. The predicted molar refractivity (Wildman–Crippen MR) is 95.2 cm³/mol. The van der Waals surface area contributed by atoms with Crippen molar-refractivity contribution in [1.82, 2.24) is 5.32 Å².